The number of hydrogen-bond acceptors (Lipinski definition) is 7. The Morgan fingerprint density at radius 2 is 1.89 bits per heavy atom. The number of hydrogen-bond donors (Lipinski definition) is 0. The first-order valence-electron chi connectivity index (χ1n) is 10.9. The van der Waals surface area contributed by atoms with E-state index in [4.69, 9.17) is 14.1 Å². The minimum Gasteiger partial charge on any atom is -0.437 e. The van der Waals surface area contributed by atoms with Gasteiger partial charge in [-0.25, -0.2) is 19.3 Å². The molecule has 170 valence electrons. The zero-order valence-corrected chi connectivity index (χ0v) is 20.6. The standard InChI is InChI=1S/C26H15BrN4O3S/c1-13-10-11-35-22(13)18-19-21(16-4-2-3-5-17(16)33-26(19)32)34-25-20(18)24-29-23(30-31(24)12-28-25)14-6-8-15(27)9-7-14/h2-12,18H,1H3. The van der Waals surface area contributed by atoms with Gasteiger partial charge in [-0.3, -0.25) is 0 Å². The average Bonchev–Trinajstić information content (AvgIpc) is 3.49. The zero-order valence-electron chi connectivity index (χ0n) is 18.2. The second kappa shape index (κ2) is 7.59. The van der Waals surface area contributed by atoms with Gasteiger partial charge in [-0.15, -0.1) is 16.4 Å². The monoisotopic (exact) mass is 542 g/mol. The molecule has 0 bridgehead atoms. The molecule has 0 saturated heterocycles. The molecule has 1 atom stereocenters. The molecule has 5 heterocycles. The van der Waals surface area contributed by atoms with Crippen molar-refractivity contribution in [3.05, 3.63) is 103 Å². The van der Waals surface area contributed by atoms with Crippen LogP contribution in [0.2, 0.25) is 0 Å². The Bertz CT molecular complexity index is 1840. The van der Waals surface area contributed by atoms with E-state index in [1.54, 1.807) is 28.2 Å². The number of fused-ring (bicyclic) bond motifs is 6. The molecule has 0 N–H and O–H groups in total. The molecule has 6 aromatic rings. The Morgan fingerprint density at radius 1 is 1.06 bits per heavy atom. The van der Waals surface area contributed by atoms with Crippen molar-refractivity contribution in [2.45, 2.75) is 12.8 Å². The van der Waals surface area contributed by atoms with Crippen LogP contribution in [0.3, 0.4) is 0 Å². The molecule has 9 heteroatoms. The van der Waals surface area contributed by atoms with Gasteiger partial charge in [0.1, 0.15) is 11.9 Å². The van der Waals surface area contributed by atoms with Gasteiger partial charge in [0.05, 0.1) is 22.4 Å². The molecule has 0 fully saturated rings. The number of nitrogens with zero attached hydrogens (tertiary/aromatic N) is 4. The van der Waals surface area contributed by atoms with E-state index < -0.39 is 11.5 Å². The van der Waals surface area contributed by atoms with Gasteiger partial charge in [0.15, 0.2) is 17.2 Å². The maximum absolute atomic E-state index is 13.4. The van der Waals surface area contributed by atoms with E-state index in [2.05, 4.69) is 26.0 Å². The summed E-state index contributed by atoms with van der Waals surface area (Å²) in [6.07, 6.45) is 1.60. The van der Waals surface area contributed by atoms with Gasteiger partial charge in [0.25, 0.3) is 0 Å². The predicted molar refractivity (Wildman–Crippen MR) is 136 cm³/mol. The van der Waals surface area contributed by atoms with E-state index in [1.807, 2.05) is 60.8 Å². The van der Waals surface area contributed by atoms with Crippen LogP contribution >= 0.6 is 27.3 Å². The van der Waals surface area contributed by atoms with Crippen LogP contribution in [0.1, 0.15) is 27.5 Å². The highest BCUT2D eigenvalue weighted by molar-refractivity contribution is 9.10. The largest absolute Gasteiger partial charge is 0.437 e. The van der Waals surface area contributed by atoms with Crippen LogP contribution in [-0.4, -0.2) is 19.6 Å². The van der Waals surface area contributed by atoms with E-state index >= 15 is 0 Å². The van der Waals surface area contributed by atoms with Crippen molar-refractivity contribution in [3.8, 4) is 23.0 Å². The molecule has 0 radical (unpaired) electrons. The van der Waals surface area contributed by atoms with Crippen molar-refractivity contribution < 1.29 is 9.15 Å². The van der Waals surface area contributed by atoms with Crippen molar-refractivity contribution in [2.24, 2.45) is 0 Å². The van der Waals surface area contributed by atoms with Gasteiger partial charge in [-0.2, -0.15) is 0 Å². The number of benzene rings is 2. The number of thiophene rings is 1. The van der Waals surface area contributed by atoms with Gasteiger partial charge in [-0.1, -0.05) is 40.2 Å². The SMILES string of the molecule is Cc1ccsc1C1c2c(c3ccccc3oc2=O)Oc2ncn3nc(-c4ccc(Br)cc4)nc3c21. The van der Waals surface area contributed by atoms with Gasteiger partial charge in [-0.05, 0) is 48.2 Å². The van der Waals surface area contributed by atoms with Crippen LogP contribution in [0, 0.1) is 6.92 Å². The number of aryl methyl sites for hydroxylation is 1. The summed E-state index contributed by atoms with van der Waals surface area (Å²) < 4.78 is 14.7. The van der Waals surface area contributed by atoms with Crippen LogP contribution < -0.4 is 10.4 Å². The molecule has 0 saturated carbocycles. The van der Waals surface area contributed by atoms with Gasteiger partial charge >= 0.3 is 5.63 Å². The smallest absolute Gasteiger partial charge is 0.344 e. The minimum absolute atomic E-state index is 0.410. The van der Waals surface area contributed by atoms with E-state index in [9.17, 15) is 4.79 Å². The van der Waals surface area contributed by atoms with Crippen molar-refractivity contribution in [1.29, 1.82) is 0 Å². The summed E-state index contributed by atoms with van der Waals surface area (Å²) in [4.78, 5) is 23.9. The number of aromatic nitrogens is 4. The summed E-state index contributed by atoms with van der Waals surface area (Å²) in [7, 11) is 0. The van der Waals surface area contributed by atoms with E-state index in [0.717, 1.165) is 25.9 Å². The summed E-state index contributed by atoms with van der Waals surface area (Å²) in [6.45, 7) is 2.04. The molecule has 7 rings (SSSR count). The summed E-state index contributed by atoms with van der Waals surface area (Å²) >= 11 is 5.05. The summed E-state index contributed by atoms with van der Waals surface area (Å²) in [5, 5.41) is 7.41. The second-order valence-electron chi connectivity index (χ2n) is 8.31. The van der Waals surface area contributed by atoms with Crippen LogP contribution in [0.15, 0.2) is 80.0 Å². The predicted octanol–water partition coefficient (Wildman–Crippen LogP) is 6.32. The average molecular weight is 543 g/mol. The van der Waals surface area contributed by atoms with Gasteiger partial charge < -0.3 is 9.15 Å². The topological polar surface area (TPSA) is 82.5 Å². The molecule has 1 aliphatic heterocycles. The van der Waals surface area contributed by atoms with Crippen LogP contribution in [-0.2, 0) is 0 Å². The first-order chi connectivity index (χ1) is 17.1. The molecule has 1 unspecified atom stereocenters. The number of ether oxygens (including phenoxy) is 1. The Morgan fingerprint density at radius 3 is 2.69 bits per heavy atom. The lowest BCUT2D eigenvalue weighted by atomic mass is 9.87. The third-order valence-corrected chi connectivity index (χ3v) is 7.84. The lowest BCUT2D eigenvalue weighted by Crippen LogP contribution is -2.22. The molecule has 1 aliphatic rings. The summed E-state index contributed by atoms with van der Waals surface area (Å²) in [5.74, 6) is 0.999. The molecule has 4 aromatic heterocycles. The van der Waals surface area contributed by atoms with E-state index in [-0.39, 0.29) is 0 Å². The molecule has 7 nitrogen and oxygen atoms in total. The lowest BCUT2D eigenvalue weighted by Gasteiger charge is -2.26. The molecular formula is C26H15BrN4O3S. The fraction of sp³-hybridized carbons (Fsp3) is 0.0769. The van der Waals surface area contributed by atoms with Crippen LogP contribution in [0.4, 0.5) is 0 Å². The maximum Gasteiger partial charge on any atom is 0.344 e. The number of halogens is 1. The number of para-hydroxylation sites is 1. The first-order valence-corrected chi connectivity index (χ1v) is 12.5. The van der Waals surface area contributed by atoms with E-state index in [1.165, 1.54) is 0 Å². The molecule has 0 amide bonds. The molecule has 0 aliphatic carbocycles. The molecule has 2 aromatic carbocycles. The minimum atomic E-state index is -0.451. The van der Waals surface area contributed by atoms with Crippen LogP contribution in [0.5, 0.6) is 11.6 Å². The Labute approximate surface area is 210 Å². The van der Waals surface area contributed by atoms with Crippen molar-refractivity contribution in [1.82, 2.24) is 19.6 Å². The lowest BCUT2D eigenvalue weighted by molar-refractivity contribution is 0.423. The first kappa shape index (κ1) is 20.5. The third kappa shape index (κ3) is 3.08. The van der Waals surface area contributed by atoms with Crippen molar-refractivity contribution in [3.63, 3.8) is 0 Å². The fourth-order valence-electron chi connectivity index (χ4n) is 4.59. The van der Waals surface area contributed by atoms with Gasteiger partial charge in [0.2, 0.25) is 5.88 Å². The Hall–Kier alpha value is -3.82. The third-order valence-electron chi connectivity index (χ3n) is 6.23. The molecule has 0 spiro atoms. The summed E-state index contributed by atoms with van der Waals surface area (Å²) in [5.41, 5.74) is 3.72. The fourth-order valence-corrected chi connectivity index (χ4v) is 5.90. The van der Waals surface area contributed by atoms with E-state index in [0.29, 0.717) is 39.8 Å². The Kier molecular flexibility index (Phi) is 4.46. The highest BCUT2D eigenvalue weighted by Crippen LogP contribution is 2.50. The summed E-state index contributed by atoms with van der Waals surface area (Å²) in [6, 6.07) is 17.2. The number of rotatable bonds is 2. The van der Waals surface area contributed by atoms with Crippen molar-refractivity contribution in [2.75, 3.05) is 0 Å². The highest BCUT2D eigenvalue weighted by atomic mass is 79.9. The maximum atomic E-state index is 13.4. The molecular weight excluding hydrogens is 528 g/mol. The van der Waals surface area contributed by atoms with Crippen LogP contribution in [0.25, 0.3) is 28.0 Å². The van der Waals surface area contributed by atoms with Gasteiger partial charge in [0, 0.05) is 14.9 Å². The Balaban J connectivity index is 1.55. The van der Waals surface area contributed by atoms with Crippen molar-refractivity contribution >= 4 is 43.9 Å². The zero-order chi connectivity index (χ0) is 23.7. The highest BCUT2D eigenvalue weighted by Gasteiger charge is 2.38. The normalized spacial score (nSPS) is 14.6. The quantitative estimate of drug-likeness (QED) is 0.238. The molecule has 35 heavy (non-hydrogen) atoms. The second-order valence-corrected chi connectivity index (χ2v) is 10.2.